The normalized spacial score (nSPS) is 19.9. The Labute approximate surface area is 141 Å². The third-order valence-corrected chi connectivity index (χ3v) is 5.58. The maximum Gasteiger partial charge on any atom is 0.250 e. The number of nitrogens with one attached hydrogen (secondary N) is 2. The van der Waals surface area contributed by atoms with Crippen LogP contribution in [-0.2, 0) is 4.79 Å². The van der Waals surface area contributed by atoms with Crippen LogP contribution in [0.1, 0.15) is 11.6 Å². The van der Waals surface area contributed by atoms with E-state index in [0.29, 0.717) is 6.54 Å². The molecule has 1 atom stereocenters. The SMILES string of the molecule is O=C1NCC2=C1C(c1ccc(Br)cc1)Nc1ccccc1S2. The van der Waals surface area contributed by atoms with E-state index in [1.165, 1.54) is 0 Å². The number of para-hydroxylation sites is 1. The zero-order valence-electron chi connectivity index (χ0n) is 11.6. The molecule has 2 aliphatic rings. The van der Waals surface area contributed by atoms with Gasteiger partial charge in [0.2, 0.25) is 0 Å². The molecule has 0 spiro atoms. The number of carbonyl (C=O) groups is 1. The summed E-state index contributed by atoms with van der Waals surface area (Å²) in [5.74, 6) is 0.0238. The van der Waals surface area contributed by atoms with Gasteiger partial charge in [0.1, 0.15) is 0 Å². The molecule has 2 N–H and O–H groups in total. The van der Waals surface area contributed by atoms with Crippen molar-refractivity contribution in [1.82, 2.24) is 5.32 Å². The third kappa shape index (κ3) is 2.34. The van der Waals surface area contributed by atoms with Crippen LogP contribution in [0.4, 0.5) is 5.69 Å². The summed E-state index contributed by atoms with van der Waals surface area (Å²) in [7, 11) is 0. The number of hydrogen-bond acceptors (Lipinski definition) is 3. The highest BCUT2D eigenvalue weighted by molar-refractivity contribution is 9.10. The number of anilines is 1. The van der Waals surface area contributed by atoms with Gasteiger partial charge in [0, 0.05) is 26.5 Å². The molecule has 1 unspecified atom stereocenters. The van der Waals surface area contributed by atoms with Crippen LogP contribution in [0.25, 0.3) is 0 Å². The van der Waals surface area contributed by atoms with Gasteiger partial charge in [-0.3, -0.25) is 4.79 Å². The number of fused-ring (bicyclic) bond motifs is 1. The molecular weight excluding hydrogens is 360 g/mol. The van der Waals surface area contributed by atoms with Crippen molar-refractivity contribution in [3.05, 3.63) is 69.0 Å². The smallest absolute Gasteiger partial charge is 0.250 e. The zero-order chi connectivity index (χ0) is 15.1. The average molecular weight is 373 g/mol. The molecule has 2 aliphatic heterocycles. The van der Waals surface area contributed by atoms with E-state index >= 15 is 0 Å². The molecule has 0 saturated heterocycles. The molecule has 22 heavy (non-hydrogen) atoms. The predicted octanol–water partition coefficient (Wildman–Crippen LogP) is 4.09. The molecule has 1 amide bonds. The van der Waals surface area contributed by atoms with Crippen LogP contribution >= 0.6 is 27.7 Å². The largest absolute Gasteiger partial charge is 0.373 e. The lowest BCUT2D eigenvalue weighted by atomic mass is 9.98. The fourth-order valence-corrected chi connectivity index (χ4v) is 4.18. The van der Waals surface area contributed by atoms with E-state index in [-0.39, 0.29) is 11.9 Å². The molecule has 0 fully saturated rings. The number of thioether (sulfide) groups is 1. The predicted molar refractivity (Wildman–Crippen MR) is 92.8 cm³/mol. The Kier molecular flexibility index (Phi) is 3.47. The van der Waals surface area contributed by atoms with Crippen molar-refractivity contribution in [2.45, 2.75) is 10.9 Å². The standard InChI is InChI=1S/C17H13BrN2OS/c18-11-7-5-10(6-8-11)16-15-14(9-19-17(15)21)22-13-4-2-1-3-12(13)20-16/h1-8,16,20H,9H2,(H,19,21). The van der Waals surface area contributed by atoms with Crippen LogP contribution in [0.2, 0.25) is 0 Å². The summed E-state index contributed by atoms with van der Waals surface area (Å²) >= 11 is 5.14. The van der Waals surface area contributed by atoms with E-state index in [0.717, 1.165) is 31.1 Å². The maximum atomic E-state index is 12.3. The van der Waals surface area contributed by atoms with Crippen molar-refractivity contribution in [2.24, 2.45) is 0 Å². The highest BCUT2D eigenvalue weighted by atomic mass is 79.9. The zero-order valence-corrected chi connectivity index (χ0v) is 14.0. The van der Waals surface area contributed by atoms with Gasteiger partial charge in [-0.15, -0.1) is 0 Å². The van der Waals surface area contributed by atoms with Gasteiger partial charge in [0.15, 0.2) is 0 Å². The lowest BCUT2D eigenvalue weighted by Gasteiger charge is -2.20. The summed E-state index contributed by atoms with van der Waals surface area (Å²) < 4.78 is 1.03. The topological polar surface area (TPSA) is 41.1 Å². The first-order valence-corrected chi connectivity index (χ1v) is 8.63. The third-order valence-electron chi connectivity index (χ3n) is 3.87. The van der Waals surface area contributed by atoms with Crippen molar-refractivity contribution in [2.75, 3.05) is 11.9 Å². The van der Waals surface area contributed by atoms with Crippen molar-refractivity contribution in [3.63, 3.8) is 0 Å². The summed E-state index contributed by atoms with van der Waals surface area (Å²) in [5.41, 5.74) is 3.00. The first-order valence-electron chi connectivity index (χ1n) is 7.02. The number of carbonyl (C=O) groups excluding carboxylic acids is 1. The van der Waals surface area contributed by atoms with E-state index in [1.54, 1.807) is 11.8 Å². The van der Waals surface area contributed by atoms with Gasteiger partial charge in [0.25, 0.3) is 5.91 Å². The maximum absolute atomic E-state index is 12.3. The van der Waals surface area contributed by atoms with Gasteiger partial charge >= 0.3 is 0 Å². The van der Waals surface area contributed by atoms with Gasteiger partial charge < -0.3 is 10.6 Å². The van der Waals surface area contributed by atoms with Crippen molar-refractivity contribution < 1.29 is 4.79 Å². The molecular formula is C17H13BrN2OS. The minimum Gasteiger partial charge on any atom is -0.373 e. The van der Waals surface area contributed by atoms with Crippen LogP contribution in [0.15, 0.2) is 68.4 Å². The van der Waals surface area contributed by atoms with Crippen LogP contribution in [0.5, 0.6) is 0 Å². The molecule has 2 aromatic carbocycles. The van der Waals surface area contributed by atoms with Crippen molar-refractivity contribution >= 4 is 39.3 Å². The highest BCUT2D eigenvalue weighted by Crippen LogP contribution is 2.44. The second-order valence-electron chi connectivity index (χ2n) is 5.25. The average Bonchev–Trinajstić information content (AvgIpc) is 2.79. The van der Waals surface area contributed by atoms with Gasteiger partial charge in [-0.1, -0.05) is 52.0 Å². The van der Waals surface area contributed by atoms with Crippen LogP contribution in [-0.4, -0.2) is 12.5 Å². The summed E-state index contributed by atoms with van der Waals surface area (Å²) in [6.07, 6.45) is 0. The Morgan fingerprint density at radius 3 is 2.68 bits per heavy atom. The second kappa shape index (κ2) is 5.48. The minimum atomic E-state index is -0.123. The fourth-order valence-electron chi connectivity index (χ4n) is 2.80. The first kappa shape index (κ1) is 13.9. The van der Waals surface area contributed by atoms with E-state index in [9.17, 15) is 4.79 Å². The summed E-state index contributed by atoms with van der Waals surface area (Å²) in [6, 6.07) is 16.2. The Bertz CT molecular complexity index is 786. The number of rotatable bonds is 1. The lowest BCUT2D eigenvalue weighted by Crippen LogP contribution is -2.23. The van der Waals surface area contributed by atoms with Crippen molar-refractivity contribution in [3.8, 4) is 0 Å². The molecule has 0 aromatic heterocycles. The second-order valence-corrected chi connectivity index (χ2v) is 7.30. The molecule has 0 saturated carbocycles. The fraction of sp³-hybridized carbons (Fsp3) is 0.118. The van der Waals surface area contributed by atoms with Crippen LogP contribution in [0.3, 0.4) is 0 Å². The van der Waals surface area contributed by atoms with Gasteiger partial charge in [-0.2, -0.15) is 0 Å². The number of amides is 1. The molecule has 0 bridgehead atoms. The van der Waals surface area contributed by atoms with Crippen molar-refractivity contribution in [1.29, 1.82) is 0 Å². The Morgan fingerprint density at radius 2 is 1.86 bits per heavy atom. The Balaban J connectivity index is 1.85. The molecule has 0 radical (unpaired) electrons. The molecule has 110 valence electrons. The molecule has 0 aliphatic carbocycles. The summed E-state index contributed by atoms with van der Waals surface area (Å²) in [5, 5.41) is 6.49. The van der Waals surface area contributed by atoms with Gasteiger partial charge in [0.05, 0.1) is 11.6 Å². The van der Waals surface area contributed by atoms with E-state index < -0.39 is 0 Å². The lowest BCUT2D eigenvalue weighted by molar-refractivity contribution is -0.116. The quantitative estimate of drug-likeness (QED) is 0.791. The molecule has 4 rings (SSSR count). The number of halogens is 1. The molecule has 2 aromatic rings. The molecule has 2 heterocycles. The number of benzene rings is 2. The van der Waals surface area contributed by atoms with Crippen LogP contribution < -0.4 is 10.6 Å². The summed E-state index contributed by atoms with van der Waals surface area (Å²) in [4.78, 5) is 14.6. The monoisotopic (exact) mass is 372 g/mol. The Morgan fingerprint density at radius 1 is 1.09 bits per heavy atom. The van der Waals surface area contributed by atoms with E-state index in [1.807, 2.05) is 24.3 Å². The van der Waals surface area contributed by atoms with E-state index in [4.69, 9.17) is 0 Å². The van der Waals surface area contributed by atoms with Crippen LogP contribution in [0, 0.1) is 0 Å². The minimum absolute atomic E-state index is 0.0238. The molecule has 3 nitrogen and oxygen atoms in total. The van der Waals surface area contributed by atoms with E-state index in [2.05, 4.69) is 50.8 Å². The number of hydrogen-bond donors (Lipinski definition) is 2. The molecule has 5 heteroatoms. The Hall–Kier alpha value is -1.72. The van der Waals surface area contributed by atoms with Gasteiger partial charge in [-0.25, -0.2) is 0 Å². The van der Waals surface area contributed by atoms with Gasteiger partial charge in [-0.05, 0) is 29.8 Å². The highest BCUT2D eigenvalue weighted by Gasteiger charge is 2.34. The first-order chi connectivity index (χ1) is 10.7. The summed E-state index contributed by atoms with van der Waals surface area (Å²) in [6.45, 7) is 0.613.